The molecule has 0 bridgehead atoms. The number of nitrogens with one attached hydrogen (secondary N) is 1. The van der Waals surface area contributed by atoms with Crippen LogP contribution in [0.5, 0.6) is 0 Å². The molecule has 0 heterocycles. The summed E-state index contributed by atoms with van der Waals surface area (Å²) >= 11 is 0. The Morgan fingerprint density at radius 1 is 1.18 bits per heavy atom. The number of ether oxygens (including phenoxy) is 1. The summed E-state index contributed by atoms with van der Waals surface area (Å²) in [6, 6.07) is 0. The van der Waals surface area contributed by atoms with Crippen LogP contribution in [-0.2, 0) is 14.3 Å². The molecule has 0 saturated carbocycles. The molecule has 0 aromatic heterocycles. The molecular weight excluding hydrogens is 222 g/mol. The monoisotopic (exact) mass is 245 g/mol. The van der Waals surface area contributed by atoms with Gasteiger partial charge in [0.15, 0.2) is 6.61 Å². The summed E-state index contributed by atoms with van der Waals surface area (Å²) in [4.78, 5) is 22.2. The number of hydrogen-bond acceptors (Lipinski definition) is 4. The molecule has 0 aromatic rings. The zero-order valence-electron chi connectivity index (χ0n) is 10.5. The lowest BCUT2D eigenvalue weighted by molar-refractivity contribution is -0.148. The van der Waals surface area contributed by atoms with E-state index in [0.717, 1.165) is 19.3 Å². The zero-order chi connectivity index (χ0) is 12.9. The van der Waals surface area contributed by atoms with Crippen LogP contribution in [0, 0.1) is 0 Å². The van der Waals surface area contributed by atoms with Crippen molar-refractivity contribution in [1.82, 2.24) is 5.32 Å². The highest BCUT2D eigenvalue weighted by molar-refractivity contribution is 5.80. The number of carbonyl (C=O) groups is 2. The molecule has 0 unspecified atom stereocenters. The van der Waals surface area contributed by atoms with Crippen LogP contribution in [0.15, 0.2) is 0 Å². The van der Waals surface area contributed by atoms with E-state index >= 15 is 0 Å². The molecular formula is C12H23NO4. The molecule has 0 spiro atoms. The van der Waals surface area contributed by atoms with Crippen molar-refractivity contribution in [1.29, 1.82) is 0 Å². The number of amides is 1. The Hall–Kier alpha value is -1.10. The molecule has 0 saturated heterocycles. The van der Waals surface area contributed by atoms with E-state index in [1.165, 1.54) is 12.8 Å². The van der Waals surface area contributed by atoms with E-state index < -0.39 is 0 Å². The molecule has 0 atom stereocenters. The van der Waals surface area contributed by atoms with Crippen LogP contribution in [0.25, 0.3) is 0 Å². The fraction of sp³-hybridized carbons (Fsp3) is 0.833. The van der Waals surface area contributed by atoms with Crippen LogP contribution in [0.1, 0.15) is 45.4 Å². The van der Waals surface area contributed by atoms with E-state index in [9.17, 15) is 9.59 Å². The fourth-order valence-electron chi connectivity index (χ4n) is 1.34. The lowest BCUT2D eigenvalue weighted by atomic mass is 10.1. The minimum Gasteiger partial charge on any atom is -0.456 e. The Balaban J connectivity index is 3.36. The molecule has 0 aliphatic heterocycles. The van der Waals surface area contributed by atoms with Crippen LogP contribution in [0.2, 0.25) is 0 Å². The second-order valence-corrected chi connectivity index (χ2v) is 3.90. The standard InChI is InChI=1S/C12H23NO4/c1-2-3-4-5-6-7-12(16)17-10-11(15)13-8-9-14/h14H,2-10H2,1H3,(H,13,15). The predicted octanol–water partition coefficient (Wildman–Crippen LogP) is 0.999. The molecule has 0 radical (unpaired) electrons. The van der Waals surface area contributed by atoms with Gasteiger partial charge in [0.2, 0.25) is 0 Å². The van der Waals surface area contributed by atoms with Gasteiger partial charge in [-0.1, -0.05) is 32.6 Å². The van der Waals surface area contributed by atoms with Crippen LogP contribution < -0.4 is 5.32 Å². The molecule has 17 heavy (non-hydrogen) atoms. The highest BCUT2D eigenvalue weighted by Crippen LogP contribution is 2.05. The van der Waals surface area contributed by atoms with E-state index in [2.05, 4.69) is 12.2 Å². The van der Waals surface area contributed by atoms with Crippen molar-refractivity contribution in [3.05, 3.63) is 0 Å². The summed E-state index contributed by atoms with van der Waals surface area (Å²) in [6.07, 6.45) is 5.72. The highest BCUT2D eigenvalue weighted by atomic mass is 16.5. The summed E-state index contributed by atoms with van der Waals surface area (Å²) in [5.74, 6) is -0.709. The number of rotatable bonds is 10. The summed E-state index contributed by atoms with van der Waals surface area (Å²) in [7, 11) is 0. The van der Waals surface area contributed by atoms with Gasteiger partial charge >= 0.3 is 5.97 Å². The van der Waals surface area contributed by atoms with Gasteiger partial charge in [-0.05, 0) is 6.42 Å². The Kier molecular flexibility index (Phi) is 10.7. The number of aliphatic hydroxyl groups excluding tert-OH is 1. The molecule has 100 valence electrons. The molecule has 5 nitrogen and oxygen atoms in total. The number of unbranched alkanes of at least 4 members (excludes halogenated alkanes) is 4. The van der Waals surface area contributed by atoms with Crippen molar-refractivity contribution < 1.29 is 19.4 Å². The molecule has 1 amide bonds. The van der Waals surface area contributed by atoms with Gasteiger partial charge in [0.1, 0.15) is 0 Å². The van der Waals surface area contributed by atoms with Crippen LogP contribution in [-0.4, -0.2) is 36.7 Å². The SMILES string of the molecule is CCCCCCCC(=O)OCC(=O)NCCO. The fourth-order valence-corrected chi connectivity index (χ4v) is 1.34. The third-order valence-electron chi connectivity index (χ3n) is 2.28. The van der Waals surface area contributed by atoms with Gasteiger partial charge in [-0.25, -0.2) is 0 Å². The second kappa shape index (κ2) is 11.4. The van der Waals surface area contributed by atoms with Crippen molar-refractivity contribution in [3.8, 4) is 0 Å². The number of carbonyl (C=O) groups excluding carboxylic acids is 2. The zero-order valence-corrected chi connectivity index (χ0v) is 10.5. The van der Waals surface area contributed by atoms with Gasteiger partial charge in [0.25, 0.3) is 5.91 Å². The van der Waals surface area contributed by atoms with Gasteiger partial charge in [-0.2, -0.15) is 0 Å². The molecule has 5 heteroatoms. The van der Waals surface area contributed by atoms with E-state index in [1.54, 1.807) is 0 Å². The predicted molar refractivity (Wildman–Crippen MR) is 64.4 cm³/mol. The molecule has 2 N–H and O–H groups in total. The van der Waals surface area contributed by atoms with E-state index in [4.69, 9.17) is 9.84 Å². The molecule has 0 aromatic carbocycles. The Bertz CT molecular complexity index is 219. The quantitative estimate of drug-likeness (QED) is 0.445. The normalized spacial score (nSPS) is 10.0. The van der Waals surface area contributed by atoms with Crippen molar-refractivity contribution in [2.24, 2.45) is 0 Å². The summed E-state index contributed by atoms with van der Waals surface area (Å²) in [5.41, 5.74) is 0. The minimum atomic E-state index is -0.376. The van der Waals surface area contributed by atoms with Gasteiger partial charge < -0.3 is 15.2 Å². The minimum absolute atomic E-state index is 0.114. The first-order valence-electron chi connectivity index (χ1n) is 6.24. The number of aliphatic hydroxyl groups is 1. The van der Waals surface area contributed by atoms with Crippen molar-refractivity contribution in [2.75, 3.05) is 19.8 Å². The summed E-state index contributed by atoms with van der Waals surface area (Å²) in [6.45, 7) is 1.96. The molecule has 0 aliphatic rings. The lowest BCUT2D eigenvalue weighted by Crippen LogP contribution is -2.30. The van der Waals surface area contributed by atoms with Crippen molar-refractivity contribution >= 4 is 11.9 Å². The van der Waals surface area contributed by atoms with Crippen molar-refractivity contribution in [2.45, 2.75) is 45.4 Å². The van der Waals surface area contributed by atoms with Gasteiger partial charge in [0.05, 0.1) is 6.61 Å². The summed E-state index contributed by atoms with van der Waals surface area (Å²) < 4.78 is 4.77. The molecule has 0 fully saturated rings. The highest BCUT2D eigenvalue weighted by Gasteiger charge is 2.06. The topological polar surface area (TPSA) is 75.6 Å². The third kappa shape index (κ3) is 11.2. The Morgan fingerprint density at radius 2 is 1.88 bits per heavy atom. The Labute approximate surface area is 103 Å². The first kappa shape index (κ1) is 15.9. The molecule has 0 aliphatic carbocycles. The van der Waals surface area contributed by atoms with E-state index in [0.29, 0.717) is 6.42 Å². The average Bonchev–Trinajstić information content (AvgIpc) is 2.33. The molecule has 0 rings (SSSR count). The van der Waals surface area contributed by atoms with Gasteiger partial charge in [-0.15, -0.1) is 0 Å². The van der Waals surface area contributed by atoms with Gasteiger partial charge in [0, 0.05) is 13.0 Å². The number of esters is 1. The Morgan fingerprint density at radius 3 is 2.53 bits per heavy atom. The lowest BCUT2D eigenvalue weighted by Gasteiger charge is -2.05. The first-order chi connectivity index (χ1) is 8.20. The first-order valence-corrected chi connectivity index (χ1v) is 6.24. The maximum Gasteiger partial charge on any atom is 0.306 e. The van der Waals surface area contributed by atoms with Crippen LogP contribution in [0.4, 0.5) is 0 Å². The second-order valence-electron chi connectivity index (χ2n) is 3.90. The maximum absolute atomic E-state index is 11.2. The largest absolute Gasteiger partial charge is 0.456 e. The van der Waals surface area contributed by atoms with Gasteiger partial charge in [-0.3, -0.25) is 9.59 Å². The van der Waals surface area contributed by atoms with Crippen LogP contribution >= 0.6 is 0 Å². The third-order valence-corrected chi connectivity index (χ3v) is 2.28. The van der Waals surface area contributed by atoms with Crippen molar-refractivity contribution in [3.63, 3.8) is 0 Å². The average molecular weight is 245 g/mol. The number of hydrogen-bond donors (Lipinski definition) is 2. The van der Waals surface area contributed by atoms with Crippen LogP contribution in [0.3, 0.4) is 0 Å². The summed E-state index contributed by atoms with van der Waals surface area (Å²) in [5, 5.41) is 10.9. The smallest absolute Gasteiger partial charge is 0.306 e. The maximum atomic E-state index is 11.2. The van der Waals surface area contributed by atoms with E-state index in [1.807, 2.05) is 0 Å². The van der Waals surface area contributed by atoms with E-state index in [-0.39, 0.29) is 31.6 Å².